The number of oxime groups is 1. The molecule has 0 radical (unpaired) electrons. The summed E-state index contributed by atoms with van der Waals surface area (Å²) in [6, 6.07) is 18.1. The first-order valence-electron chi connectivity index (χ1n) is 24.8. The number of esters is 2. The molecule has 3 aliphatic heterocycles. The summed E-state index contributed by atoms with van der Waals surface area (Å²) in [4.78, 5) is 80.0. The van der Waals surface area contributed by atoms with Gasteiger partial charge in [0, 0.05) is 23.1 Å². The molecule has 75 heavy (non-hydrogen) atoms. The van der Waals surface area contributed by atoms with Crippen LogP contribution in [-0.2, 0) is 64.3 Å². The van der Waals surface area contributed by atoms with E-state index in [1.165, 1.54) is 42.3 Å². The van der Waals surface area contributed by atoms with Gasteiger partial charge in [-0.1, -0.05) is 59.8 Å². The molecular formula is C55H65N6O12S2+. The number of β-lactam (4-membered cyclic amide) rings is 1. The number of amides is 3. The highest BCUT2D eigenvalue weighted by Gasteiger charge is 2.55. The lowest BCUT2D eigenvalue weighted by molar-refractivity contribution is -0.982. The number of carbonyl (C=O) groups is 5. The van der Waals surface area contributed by atoms with Crippen molar-refractivity contribution < 1.29 is 62.5 Å². The second-order valence-electron chi connectivity index (χ2n) is 21.6. The standard InChI is InChI=1S/C55H64N6O12S2/c1-53(2,3)71-50(67)55(7,8)73-59-42(40-31-75-51(56-40)58-52(68)72-54(4,5)6)46(64)57-43-47(65)60-44(49(66)70-29-34-18-22-38(69-9)23-19-34)36(30-74-48(43)60)20-17-32-13-15-33(16-14-32)27-61(37-11-10-12-37)26-25-35-21-24-41(62)45(63)39(35)28-61/h13-24,31,37,43,48H,10-12,25-30H2,1-9H3,(H3-,56,57,58,59,62,63,64,68)/p+1/b20-17+/t43-,48-,61?/m1/s1. The summed E-state index contributed by atoms with van der Waals surface area (Å²) < 4.78 is 22.8. The average molecular weight is 1070 g/mol. The molecule has 2 fully saturated rings. The SMILES string of the molecule is COc1ccc(COC(=O)C2=C(/C=C/c3ccc(C[N+]4(C5CCC5)CCc5ccc(O)c(O)c5C4)cc3)CS[C@@H]3[C@H](NC(=O)/C(=N\OC(C)(C)C(=O)OC(C)(C)C)c4csc(NC(=O)OC(C)(C)C)n4)C(=O)N23)cc1. The number of phenolic OH excluding ortho intramolecular Hbond substituents is 2. The Bertz CT molecular complexity index is 2930. The van der Waals surface area contributed by atoms with Crippen LogP contribution in [0.15, 0.2) is 88.5 Å². The number of anilines is 1. The number of nitrogens with zero attached hydrogens (tertiary/aromatic N) is 4. The molecule has 3 atom stereocenters. The first kappa shape index (κ1) is 54.4. The van der Waals surface area contributed by atoms with E-state index < -0.39 is 63.8 Å². The number of methoxy groups -OCH3 is 1. The van der Waals surface area contributed by atoms with Gasteiger partial charge in [-0.2, -0.15) is 0 Å². The second-order valence-corrected chi connectivity index (χ2v) is 23.6. The van der Waals surface area contributed by atoms with Crippen molar-refractivity contribution in [1.82, 2.24) is 15.2 Å². The Hall–Kier alpha value is -6.90. The number of ether oxygens (including phenoxy) is 4. The molecule has 4 N–H and O–H groups in total. The van der Waals surface area contributed by atoms with Gasteiger partial charge in [0.15, 0.2) is 22.3 Å². The molecular weight excluding hydrogens is 1000 g/mol. The van der Waals surface area contributed by atoms with E-state index in [2.05, 4.69) is 32.9 Å². The Morgan fingerprint density at radius 2 is 1.60 bits per heavy atom. The van der Waals surface area contributed by atoms with Crippen LogP contribution in [0.2, 0.25) is 0 Å². The maximum absolute atomic E-state index is 14.3. The van der Waals surface area contributed by atoms with Gasteiger partial charge in [0.05, 0.1) is 25.3 Å². The third-order valence-electron chi connectivity index (χ3n) is 13.3. The summed E-state index contributed by atoms with van der Waals surface area (Å²) in [5.74, 6) is -2.16. The summed E-state index contributed by atoms with van der Waals surface area (Å²) in [6.45, 7) is 15.3. The monoisotopic (exact) mass is 1070 g/mol. The van der Waals surface area contributed by atoms with Crippen LogP contribution in [-0.4, -0.2) is 114 Å². The van der Waals surface area contributed by atoms with Gasteiger partial charge in [0.1, 0.15) is 59.5 Å². The number of fused-ring (bicyclic) bond motifs is 2. The topological polar surface area (TPSA) is 225 Å². The minimum Gasteiger partial charge on any atom is -0.504 e. The molecule has 0 spiro atoms. The molecule has 1 saturated heterocycles. The molecule has 20 heteroatoms. The first-order valence-corrected chi connectivity index (χ1v) is 26.7. The zero-order valence-corrected chi connectivity index (χ0v) is 45.3. The van der Waals surface area contributed by atoms with E-state index in [1.54, 1.807) is 85.1 Å². The quantitative estimate of drug-likeness (QED) is 0.0157. The number of aromatic nitrogens is 1. The molecule has 1 aromatic heterocycles. The van der Waals surface area contributed by atoms with Gasteiger partial charge in [-0.05, 0) is 115 Å². The van der Waals surface area contributed by atoms with Gasteiger partial charge in [0.2, 0.25) is 5.60 Å². The van der Waals surface area contributed by atoms with Crippen LogP contribution in [0.25, 0.3) is 6.08 Å². The zero-order valence-electron chi connectivity index (χ0n) is 43.7. The number of aromatic hydroxyl groups is 2. The predicted octanol–water partition coefficient (Wildman–Crippen LogP) is 8.49. The van der Waals surface area contributed by atoms with E-state index >= 15 is 0 Å². The number of allylic oxidation sites excluding steroid dienone is 1. The van der Waals surface area contributed by atoms with E-state index in [4.69, 9.17) is 23.8 Å². The molecule has 4 heterocycles. The van der Waals surface area contributed by atoms with Gasteiger partial charge in [0.25, 0.3) is 11.8 Å². The molecule has 4 aliphatic rings. The van der Waals surface area contributed by atoms with Crippen LogP contribution in [0.4, 0.5) is 9.93 Å². The number of benzene rings is 3. The van der Waals surface area contributed by atoms with Crippen LogP contribution in [0, 0.1) is 0 Å². The van der Waals surface area contributed by atoms with Crippen molar-refractivity contribution in [3.63, 3.8) is 0 Å². The van der Waals surface area contributed by atoms with Gasteiger partial charge in [-0.3, -0.25) is 19.8 Å². The smallest absolute Gasteiger partial charge is 0.413 e. The second kappa shape index (κ2) is 21.8. The van der Waals surface area contributed by atoms with Gasteiger partial charge in [-0.25, -0.2) is 19.4 Å². The number of thioether (sulfide) groups is 1. The van der Waals surface area contributed by atoms with E-state index in [-0.39, 0.29) is 40.4 Å². The predicted molar refractivity (Wildman–Crippen MR) is 283 cm³/mol. The molecule has 8 rings (SSSR count). The van der Waals surface area contributed by atoms with Crippen molar-refractivity contribution in [3.8, 4) is 17.2 Å². The van der Waals surface area contributed by atoms with Crippen LogP contribution in [0.1, 0.15) is 108 Å². The van der Waals surface area contributed by atoms with Gasteiger partial charge in [-0.15, -0.1) is 23.1 Å². The summed E-state index contributed by atoms with van der Waals surface area (Å²) >= 11 is 2.32. The highest BCUT2D eigenvalue weighted by molar-refractivity contribution is 8.00. The fraction of sp³-hybridized carbons (Fsp3) is 0.436. The minimum atomic E-state index is -1.68. The van der Waals surface area contributed by atoms with Crippen LogP contribution < -0.4 is 15.4 Å². The number of carbonyl (C=O) groups excluding carboxylic acids is 5. The Balaban J connectivity index is 1.03. The Morgan fingerprint density at radius 1 is 0.907 bits per heavy atom. The van der Waals surface area contributed by atoms with Crippen LogP contribution >= 0.6 is 23.1 Å². The Morgan fingerprint density at radius 3 is 2.25 bits per heavy atom. The molecule has 1 saturated carbocycles. The van der Waals surface area contributed by atoms with Crippen molar-refractivity contribution in [2.45, 2.75) is 135 Å². The van der Waals surface area contributed by atoms with Gasteiger partial charge >= 0.3 is 18.0 Å². The van der Waals surface area contributed by atoms with Gasteiger partial charge < -0.3 is 43.8 Å². The Labute approximate surface area is 444 Å². The number of hydrogen-bond donors (Lipinski definition) is 4. The number of quaternary nitrogens is 1. The molecule has 3 aromatic carbocycles. The van der Waals surface area contributed by atoms with Crippen molar-refractivity contribution in [1.29, 1.82) is 0 Å². The van der Waals surface area contributed by atoms with Crippen LogP contribution in [0.5, 0.6) is 17.2 Å². The molecule has 1 aliphatic carbocycles. The van der Waals surface area contributed by atoms with Crippen molar-refractivity contribution >= 4 is 69.9 Å². The lowest BCUT2D eigenvalue weighted by Gasteiger charge is -2.51. The third-order valence-corrected chi connectivity index (χ3v) is 15.4. The highest BCUT2D eigenvalue weighted by Crippen LogP contribution is 2.44. The number of nitrogens with one attached hydrogen (secondary N) is 2. The lowest BCUT2D eigenvalue weighted by atomic mass is 9.84. The maximum atomic E-state index is 14.3. The third kappa shape index (κ3) is 12.6. The first-order chi connectivity index (χ1) is 35.4. The van der Waals surface area contributed by atoms with E-state index in [0.29, 0.717) is 29.5 Å². The fourth-order valence-electron chi connectivity index (χ4n) is 9.16. The highest BCUT2D eigenvalue weighted by atomic mass is 32.2. The summed E-state index contributed by atoms with van der Waals surface area (Å²) in [7, 11) is 1.56. The van der Waals surface area contributed by atoms with Crippen molar-refractivity contribution in [3.05, 3.63) is 117 Å². The molecule has 398 valence electrons. The number of rotatable bonds is 16. The summed E-state index contributed by atoms with van der Waals surface area (Å²) in [5.41, 5.74) is 1.40. The average Bonchev–Trinajstić information content (AvgIpc) is 3.79. The maximum Gasteiger partial charge on any atom is 0.413 e. The molecule has 4 aromatic rings. The minimum absolute atomic E-state index is 0.0237. The number of phenols is 2. The van der Waals surface area contributed by atoms with E-state index in [9.17, 15) is 34.2 Å². The Kier molecular flexibility index (Phi) is 15.8. The molecule has 18 nitrogen and oxygen atoms in total. The number of thiazole rings is 1. The van der Waals surface area contributed by atoms with Crippen molar-refractivity contribution in [2.75, 3.05) is 24.7 Å². The molecule has 0 bridgehead atoms. The summed E-state index contributed by atoms with van der Waals surface area (Å²) in [6.07, 6.45) is 7.14. The normalized spacial score (nSPS) is 20.0. The fourth-order valence-corrected chi connectivity index (χ4v) is 11.2. The van der Waals surface area contributed by atoms with Crippen LogP contribution in [0.3, 0.4) is 0 Å². The zero-order chi connectivity index (χ0) is 54.0. The largest absolute Gasteiger partial charge is 0.504 e. The van der Waals surface area contributed by atoms with Crippen molar-refractivity contribution in [2.24, 2.45) is 5.16 Å². The number of hydrogen-bond acceptors (Lipinski definition) is 16. The molecule has 3 amide bonds. The van der Waals surface area contributed by atoms with E-state index in [0.717, 1.165) is 70.4 Å². The molecule has 1 unspecified atom stereocenters. The van der Waals surface area contributed by atoms with E-state index in [1.807, 2.05) is 24.3 Å². The lowest BCUT2D eigenvalue weighted by Crippen LogP contribution is -2.71. The summed E-state index contributed by atoms with van der Waals surface area (Å²) in [5, 5.41) is 31.4.